The molecule has 2 fully saturated rings. The zero-order valence-corrected chi connectivity index (χ0v) is 49.0. The highest BCUT2D eigenvalue weighted by Crippen LogP contribution is 2.43. The second-order valence-corrected chi connectivity index (χ2v) is 22.0. The number of alkyl halides is 4. The monoisotopic (exact) mass is 1240 g/mol. The van der Waals surface area contributed by atoms with Gasteiger partial charge in [0.15, 0.2) is 29.6 Å². The van der Waals surface area contributed by atoms with E-state index >= 15 is 0 Å². The average Bonchev–Trinajstić information content (AvgIpc) is 1.94. The molecule has 6 N–H and O–H groups in total. The van der Waals surface area contributed by atoms with Crippen molar-refractivity contribution in [3.63, 3.8) is 0 Å². The summed E-state index contributed by atoms with van der Waals surface area (Å²) >= 11 is 0.986. The predicted octanol–water partition coefficient (Wildman–Crippen LogP) is 4.49. The molecule has 4 heterocycles. The first-order valence-electron chi connectivity index (χ1n) is 27.4. The first kappa shape index (κ1) is 75.3. The summed E-state index contributed by atoms with van der Waals surface area (Å²) < 4.78 is 94.0. The zero-order valence-electron chi connectivity index (χ0n) is 48.2. The van der Waals surface area contributed by atoms with Crippen LogP contribution in [0.3, 0.4) is 0 Å². The minimum Gasteiger partial charge on any atom is -0.462 e. The molecule has 0 spiro atoms. The number of amidine groups is 1. The number of hydrogen-bond acceptors (Lipinski definition) is 24. The molecular weight excluding hydrogens is 1150 g/mol. The summed E-state index contributed by atoms with van der Waals surface area (Å²) in [5.74, 6) is -12.0. The van der Waals surface area contributed by atoms with Gasteiger partial charge >= 0.3 is 29.5 Å². The number of nitrogen functional groups attached to an aromatic ring is 1. The first-order valence-corrected chi connectivity index (χ1v) is 28.6. The molecular formula is C56H84F4N6O18S. The number of aliphatic imine (C=N–C) groups is 1. The maximum atomic E-state index is 14.7. The third kappa shape index (κ3) is 24.5. The smallest absolute Gasteiger partial charge is 0.351 e. The molecule has 24 nitrogen and oxygen atoms in total. The van der Waals surface area contributed by atoms with Crippen LogP contribution in [0.15, 0.2) is 46.7 Å². The number of anilines is 1. The van der Waals surface area contributed by atoms with Gasteiger partial charge in [-0.05, 0) is 37.8 Å². The molecule has 0 amide bonds. The molecule has 0 saturated carbocycles. The number of unbranched alkanes of at least 4 members (excludes halogenated alkanes) is 4. The van der Waals surface area contributed by atoms with Gasteiger partial charge in [0.25, 0.3) is 0 Å². The van der Waals surface area contributed by atoms with E-state index in [1.54, 1.807) is 27.7 Å². The standard InChI is InChI=1S/C28H41F2N3O8S.C27H39F2N3O10.CH4/c1-17(2)25(37)19(8-6-5-7-9-20(34)13-39-4)12-21(35)15-42-16-24(36)40-14-22-26(38)28(29,30)27(41-22)33-11-10-23(31)32-18(33)3;1-16(2)23(36)17(7-5-4-6-8-18(33)12-39-3)11-19(34)13-40-15-22(35)41-14-20-24(37)27(28,29)25(42-20)32-10-9-21(30)31-26(32)38;/h10-11,17,19,22,26-27,38H,3,5-9,12-16H2,1-2,4H3,(H2,31,32);9-10,16-17,20,24-25,37H,4-8,11-15H2,1-3H3,(H2,30,31,38);1H4/t19?,22-,26+,27-;17?,20-,24+,25-;/m11./s1. The van der Waals surface area contributed by atoms with Gasteiger partial charge < -0.3 is 59.7 Å². The number of carbonyl (C=O) groups is 8. The Hall–Kier alpha value is -5.82. The quantitative estimate of drug-likeness (QED) is 0.0402. The molecule has 29 heteroatoms. The topological polar surface area (TPSA) is 344 Å². The van der Waals surface area contributed by atoms with Crippen LogP contribution >= 0.6 is 11.8 Å². The van der Waals surface area contributed by atoms with Crippen LogP contribution in [0.2, 0.25) is 0 Å². The predicted molar refractivity (Wildman–Crippen MR) is 302 cm³/mol. The Bertz CT molecular complexity index is 2530. The third-order valence-electron chi connectivity index (χ3n) is 13.4. The third-order valence-corrected chi connectivity index (χ3v) is 14.3. The van der Waals surface area contributed by atoms with Gasteiger partial charge in [-0.2, -0.15) is 22.5 Å². The Morgan fingerprint density at radius 1 is 0.706 bits per heavy atom. The van der Waals surface area contributed by atoms with Crippen LogP contribution in [0.5, 0.6) is 0 Å². The zero-order chi connectivity index (χ0) is 62.9. The van der Waals surface area contributed by atoms with E-state index in [4.69, 9.17) is 44.6 Å². The van der Waals surface area contributed by atoms with Crippen molar-refractivity contribution < 1.29 is 99.3 Å². The lowest BCUT2D eigenvalue weighted by Crippen LogP contribution is -2.47. The first-order chi connectivity index (χ1) is 39.5. The van der Waals surface area contributed by atoms with Crippen LogP contribution in [0.1, 0.15) is 118 Å². The summed E-state index contributed by atoms with van der Waals surface area (Å²) in [5.41, 5.74) is 9.78. The van der Waals surface area contributed by atoms with Crippen LogP contribution < -0.4 is 17.2 Å². The number of thioether (sulfide) groups is 1. The van der Waals surface area contributed by atoms with E-state index in [-0.39, 0.29) is 103 Å². The number of aliphatic hydroxyl groups is 2. The van der Waals surface area contributed by atoms with Gasteiger partial charge in [-0.1, -0.05) is 67.4 Å². The molecule has 0 bridgehead atoms. The highest BCUT2D eigenvalue weighted by atomic mass is 32.2. The van der Waals surface area contributed by atoms with Crippen LogP contribution in [0, 0.1) is 23.7 Å². The number of hydrogen-bond donors (Lipinski definition) is 4. The Balaban J connectivity index is 0.000000573. The van der Waals surface area contributed by atoms with Crippen molar-refractivity contribution in [1.82, 2.24) is 14.5 Å². The lowest BCUT2D eigenvalue weighted by Gasteiger charge is -2.31. The molecule has 2 saturated heterocycles. The van der Waals surface area contributed by atoms with E-state index < -0.39 is 110 Å². The van der Waals surface area contributed by atoms with E-state index in [1.807, 2.05) is 0 Å². The van der Waals surface area contributed by atoms with Crippen molar-refractivity contribution in [3.05, 3.63) is 47.4 Å². The maximum absolute atomic E-state index is 14.7. The molecule has 3 aliphatic heterocycles. The summed E-state index contributed by atoms with van der Waals surface area (Å²) in [7, 11) is 2.92. The molecule has 0 radical (unpaired) electrons. The molecule has 3 aliphatic rings. The lowest BCUT2D eigenvalue weighted by atomic mass is 9.86. The minimum absolute atomic E-state index is 0. The number of ketones is 6. The van der Waals surface area contributed by atoms with Crippen molar-refractivity contribution in [2.45, 2.75) is 161 Å². The SMILES string of the molecule is C.C=C1N=C(N)C=CN1[C@@H]1O[C@H](COC(=O)CSCC(=O)CC(CCCCCC(=O)COC)C(=O)C(C)C)[C@H](O)C1(F)F.COCC(=O)CCCCCC(CC(=O)COCC(=O)OC[C@H]1O[C@@H](n2ccc(N)nc2=O)C(F)(F)[C@H]1O)C(=O)C(C)C. The number of esters is 2. The number of nitrogens with two attached hydrogens (primary N) is 2. The van der Waals surface area contributed by atoms with E-state index in [2.05, 4.69) is 16.6 Å². The number of ether oxygens (including phenoxy) is 7. The van der Waals surface area contributed by atoms with E-state index in [1.165, 1.54) is 26.5 Å². The number of aromatic nitrogens is 2. The highest BCUT2D eigenvalue weighted by Gasteiger charge is 2.62. The highest BCUT2D eigenvalue weighted by molar-refractivity contribution is 8.00. The Kier molecular flexibility index (Phi) is 32.8. The van der Waals surface area contributed by atoms with E-state index in [9.17, 15) is 70.9 Å². The summed E-state index contributed by atoms with van der Waals surface area (Å²) in [6.07, 6.45) is -2.59. The number of carbonyl (C=O) groups excluding carboxylic acids is 8. The molecule has 1 aromatic rings. The molecule has 4 rings (SSSR count). The van der Waals surface area contributed by atoms with Crippen molar-refractivity contribution in [2.24, 2.45) is 34.4 Å². The molecule has 0 aliphatic carbocycles. The van der Waals surface area contributed by atoms with Crippen molar-refractivity contribution in [3.8, 4) is 0 Å². The lowest BCUT2D eigenvalue weighted by molar-refractivity contribution is -0.156. The van der Waals surface area contributed by atoms with Gasteiger partial charge in [0.1, 0.15) is 86.7 Å². The molecule has 2 unspecified atom stereocenters. The van der Waals surface area contributed by atoms with Crippen molar-refractivity contribution in [1.29, 1.82) is 0 Å². The number of nitrogens with zero attached hydrogens (tertiary/aromatic N) is 4. The van der Waals surface area contributed by atoms with Crippen LogP contribution in [0.4, 0.5) is 23.4 Å². The van der Waals surface area contributed by atoms with E-state index in [0.29, 0.717) is 62.4 Å². The summed E-state index contributed by atoms with van der Waals surface area (Å²) in [6, 6.07) is 1.11. The van der Waals surface area contributed by atoms with Gasteiger partial charge in [-0.3, -0.25) is 38.1 Å². The molecule has 480 valence electrons. The van der Waals surface area contributed by atoms with Gasteiger partial charge in [0, 0.05) is 76.0 Å². The average molecular weight is 1240 g/mol. The maximum Gasteiger partial charge on any atom is 0.351 e. The summed E-state index contributed by atoms with van der Waals surface area (Å²) in [5, 5.41) is 20.1. The molecule has 1 aromatic heterocycles. The second kappa shape index (κ2) is 37.0. The second-order valence-electron chi connectivity index (χ2n) is 21.0. The summed E-state index contributed by atoms with van der Waals surface area (Å²) in [6.45, 7) is 8.18. The van der Waals surface area contributed by atoms with E-state index in [0.717, 1.165) is 35.3 Å². The van der Waals surface area contributed by atoms with Gasteiger partial charge in [0.2, 0.25) is 12.5 Å². The Morgan fingerprint density at radius 2 is 1.20 bits per heavy atom. The van der Waals surface area contributed by atoms with Gasteiger partial charge in [-0.15, -0.1) is 11.8 Å². The number of halogens is 4. The number of Topliss-reactive ketones (excluding diaryl/α,β-unsaturated/α-hetero) is 6. The molecule has 85 heavy (non-hydrogen) atoms. The van der Waals surface area contributed by atoms with Crippen LogP contribution in [-0.4, -0.2) is 185 Å². The van der Waals surface area contributed by atoms with Crippen LogP contribution in [-0.2, 0) is 71.5 Å². The normalized spacial score (nSPS) is 21.1. The number of rotatable bonds is 38. The van der Waals surface area contributed by atoms with Crippen molar-refractivity contribution in [2.75, 3.05) is 71.1 Å². The number of methoxy groups -OCH3 is 2. The Labute approximate surface area is 496 Å². The summed E-state index contributed by atoms with van der Waals surface area (Å²) in [4.78, 5) is 118. The fourth-order valence-electron chi connectivity index (χ4n) is 8.99. The fourth-order valence-corrected chi connectivity index (χ4v) is 9.69. The number of aliphatic hydroxyl groups excluding tert-OH is 2. The molecule has 8 atom stereocenters. The Morgan fingerprint density at radius 3 is 1.69 bits per heavy atom. The van der Waals surface area contributed by atoms with Crippen molar-refractivity contribution >= 4 is 70.1 Å². The van der Waals surface area contributed by atoms with Crippen LogP contribution in [0.25, 0.3) is 0 Å². The molecule has 0 aromatic carbocycles. The minimum atomic E-state index is -3.91. The van der Waals surface area contributed by atoms with Gasteiger partial charge in [-0.25, -0.2) is 14.6 Å². The largest absolute Gasteiger partial charge is 0.462 e. The fraction of sp³-hybridized carbons (Fsp3) is 0.696. The van der Waals surface area contributed by atoms with Gasteiger partial charge in [0.05, 0.1) is 11.5 Å².